The van der Waals surface area contributed by atoms with Crippen LogP contribution in [0.3, 0.4) is 0 Å². The van der Waals surface area contributed by atoms with E-state index >= 15 is 0 Å². The molecule has 0 radical (unpaired) electrons. The van der Waals surface area contributed by atoms with Crippen molar-refractivity contribution < 1.29 is 0 Å². The third-order valence-electron chi connectivity index (χ3n) is 4.96. The van der Waals surface area contributed by atoms with Crippen molar-refractivity contribution in [3.63, 3.8) is 0 Å². The summed E-state index contributed by atoms with van der Waals surface area (Å²) < 4.78 is 2.02. The number of hydrogen-bond donors (Lipinski definition) is 1. The van der Waals surface area contributed by atoms with Crippen molar-refractivity contribution in [3.8, 4) is 0 Å². The Morgan fingerprint density at radius 1 is 1.35 bits per heavy atom. The average Bonchev–Trinajstić information content (AvgIpc) is 2.95. The summed E-state index contributed by atoms with van der Waals surface area (Å²) in [7, 11) is 0. The highest BCUT2D eigenvalue weighted by molar-refractivity contribution is 5.45. The SMILES string of the molecule is CCn1cc(N2CC(CC)(CC)NCC2C(C)C)cn1. The summed E-state index contributed by atoms with van der Waals surface area (Å²) in [6.07, 6.45) is 6.57. The van der Waals surface area contributed by atoms with Crippen LogP contribution in [0.2, 0.25) is 0 Å². The molecule has 0 amide bonds. The van der Waals surface area contributed by atoms with Gasteiger partial charge in [0.05, 0.1) is 11.9 Å². The molecule has 1 aromatic heterocycles. The van der Waals surface area contributed by atoms with Crippen LogP contribution in [0.15, 0.2) is 12.4 Å². The van der Waals surface area contributed by atoms with E-state index < -0.39 is 0 Å². The Hall–Kier alpha value is -1.03. The Balaban J connectivity index is 2.27. The van der Waals surface area contributed by atoms with E-state index in [0.29, 0.717) is 12.0 Å². The molecule has 20 heavy (non-hydrogen) atoms. The summed E-state index contributed by atoms with van der Waals surface area (Å²) in [6.45, 7) is 14.4. The average molecular weight is 278 g/mol. The highest BCUT2D eigenvalue weighted by Crippen LogP contribution is 2.29. The first-order chi connectivity index (χ1) is 9.55. The van der Waals surface area contributed by atoms with Gasteiger partial charge in [-0.05, 0) is 25.7 Å². The largest absolute Gasteiger partial charge is 0.363 e. The van der Waals surface area contributed by atoms with E-state index in [9.17, 15) is 0 Å². The fraction of sp³-hybridized carbons (Fsp3) is 0.812. The minimum atomic E-state index is 0.250. The van der Waals surface area contributed by atoms with Gasteiger partial charge in [0.25, 0.3) is 0 Å². The maximum atomic E-state index is 4.46. The van der Waals surface area contributed by atoms with Crippen molar-refractivity contribution >= 4 is 5.69 Å². The molecule has 1 atom stereocenters. The van der Waals surface area contributed by atoms with Gasteiger partial charge in [0.15, 0.2) is 0 Å². The van der Waals surface area contributed by atoms with E-state index in [0.717, 1.165) is 19.6 Å². The fourth-order valence-electron chi connectivity index (χ4n) is 3.21. The maximum absolute atomic E-state index is 4.46. The quantitative estimate of drug-likeness (QED) is 0.899. The van der Waals surface area contributed by atoms with Gasteiger partial charge in [-0.15, -0.1) is 0 Å². The molecule has 0 saturated carbocycles. The number of aryl methyl sites for hydroxylation is 1. The van der Waals surface area contributed by atoms with Crippen LogP contribution in [-0.2, 0) is 6.54 Å². The van der Waals surface area contributed by atoms with Gasteiger partial charge in [-0.2, -0.15) is 5.10 Å². The lowest BCUT2D eigenvalue weighted by Crippen LogP contribution is -2.65. The van der Waals surface area contributed by atoms with Crippen molar-refractivity contribution in [1.82, 2.24) is 15.1 Å². The minimum absolute atomic E-state index is 0.250. The highest BCUT2D eigenvalue weighted by atomic mass is 15.3. The van der Waals surface area contributed by atoms with Gasteiger partial charge < -0.3 is 10.2 Å². The second-order valence-electron chi connectivity index (χ2n) is 6.36. The number of nitrogens with one attached hydrogen (secondary N) is 1. The molecular formula is C16H30N4. The van der Waals surface area contributed by atoms with Crippen LogP contribution < -0.4 is 10.2 Å². The molecule has 1 unspecified atom stereocenters. The van der Waals surface area contributed by atoms with Crippen molar-refractivity contribution in [2.24, 2.45) is 5.92 Å². The van der Waals surface area contributed by atoms with Crippen molar-refractivity contribution in [2.45, 2.75) is 65.6 Å². The molecule has 1 aliphatic rings. The summed E-state index contributed by atoms with van der Waals surface area (Å²) >= 11 is 0. The van der Waals surface area contributed by atoms with Crippen LogP contribution in [0, 0.1) is 5.92 Å². The molecule has 0 aliphatic carbocycles. The monoisotopic (exact) mass is 278 g/mol. The molecule has 2 rings (SSSR count). The van der Waals surface area contributed by atoms with E-state index in [1.165, 1.54) is 18.5 Å². The van der Waals surface area contributed by atoms with E-state index in [1.54, 1.807) is 0 Å². The Morgan fingerprint density at radius 3 is 2.55 bits per heavy atom. The molecule has 1 aromatic rings. The standard InChI is InChI=1S/C16H30N4/c1-6-16(7-2)12-20(15(10-17-16)13(4)5)14-9-18-19(8-3)11-14/h9,11,13,15,17H,6-8,10,12H2,1-5H3. The smallest absolute Gasteiger partial charge is 0.0756 e. The normalized spacial score (nSPS) is 22.5. The Bertz CT molecular complexity index is 420. The van der Waals surface area contributed by atoms with Crippen molar-refractivity contribution in [2.75, 3.05) is 18.0 Å². The highest BCUT2D eigenvalue weighted by Gasteiger charge is 2.38. The molecule has 114 valence electrons. The third kappa shape index (κ3) is 2.85. The van der Waals surface area contributed by atoms with E-state index in [2.05, 4.69) is 56.1 Å². The molecular weight excluding hydrogens is 248 g/mol. The van der Waals surface area contributed by atoms with Crippen LogP contribution in [0.5, 0.6) is 0 Å². The van der Waals surface area contributed by atoms with Gasteiger partial charge >= 0.3 is 0 Å². The Morgan fingerprint density at radius 2 is 2.05 bits per heavy atom. The van der Waals surface area contributed by atoms with Gasteiger partial charge in [0, 0.05) is 37.4 Å². The topological polar surface area (TPSA) is 33.1 Å². The zero-order valence-corrected chi connectivity index (χ0v) is 13.7. The summed E-state index contributed by atoms with van der Waals surface area (Å²) in [6, 6.07) is 0.552. The molecule has 1 aliphatic heterocycles. The zero-order chi connectivity index (χ0) is 14.8. The molecule has 2 heterocycles. The summed E-state index contributed by atoms with van der Waals surface area (Å²) in [5.74, 6) is 0.638. The number of rotatable bonds is 5. The van der Waals surface area contributed by atoms with E-state index in [4.69, 9.17) is 0 Å². The summed E-state index contributed by atoms with van der Waals surface area (Å²) in [5, 5.41) is 8.27. The van der Waals surface area contributed by atoms with Crippen LogP contribution in [-0.4, -0.2) is 34.5 Å². The predicted octanol–water partition coefficient (Wildman–Crippen LogP) is 2.90. The maximum Gasteiger partial charge on any atom is 0.0756 e. The van der Waals surface area contributed by atoms with Crippen LogP contribution in [0.4, 0.5) is 5.69 Å². The first-order valence-corrected chi connectivity index (χ1v) is 8.09. The lowest BCUT2D eigenvalue weighted by atomic mass is 9.86. The van der Waals surface area contributed by atoms with Gasteiger partial charge in [0.2, 0.25) is 0 Å². The second kappa shape index (κ2) is 6.17. The lowest BCUT2D eigenvalue weighted by Gasteiger charge is -2.49. The van der Waals surface area contributed by atoms with Crippen LogP contribution in [0.25, 0.3) is 0 Å². The van der Waals surface area contributed by atoms with E-state index in [-0.39, 0.29) is 5.54 Å². The van der Waals surface area contributed by atoms with Gasteiger partial charge in [0.1, 0.15) is 0 Å². The number of hydrogen-bond acceptors (Lipinski definition) is 3. The van der Waals surface area contributed by atoms with Crippen molar-refractivity contribution in [1.29, 1.82) is 0 Å². The van der Waals surface area contributed by atoms with Crippen molar-refractivity contribution in [3.05, 3.63) is 12.4 Å². The van der Waals surface area contributed by atoms with Gasteiger partial charge in [-0.3, -0.25) is 4.68 Å². The first kappa shape index (κ1) is 15.4. The van der Waals surface area contributed by atoms with Crippen LogP contribution >= 0.6 is 0 Å². The lowest BCUT2D eigenvalue weighted by molar-refractivity contribution is 0.227. The number of anilines is 1. The Kier molecular flexibility index (Phi) is 4.74. The van der Waals surface area contributed by atoms with E-state index in [1.807, 2.05) is 10.9 Å². The molecule has 4 heteroatoms. The molecule has 0 spiro atoms. The number of piperazine rings is 1. The van der Waals surface area contributed by atoms with Gasteiger partial charge in [-0.25, -0.2) is 0 Å². The third-order valence-corrected chi connectivity index (χ3v) is 4.96. The summed E-state index contributed by atoms with van der Waals surface area (Å²) in [4.78, 5) is 2.58. The first-order valence-electron chi connectivity index (χ1n) is 8.09. The molecule has 0 aromatic carbocycles. The summed E-state index contributed by atoms with van der Waals surface area (Å²) in [5.41, 5.74) is 1.53. The zero-order valence-electron chi connectivity index (χ0n) is 13.7. The molecule has 1 N–H and O–H groups in total. The number of aromatic nitrogens is 2. The molecule has 1 fully saturated rings. The molecule has 0 bridgehead atoms. The Labute approximate surface area is 123 Å². The predicted molar refractivity (Wildman–Crippen MR) is 85.2 cm³/mol. The molecule has 4 nitrogen and oxygen atoms in total. The second-order valence-corrected chi connectivity index (χ2v) is 6.36. The molecule has 1 saturated heterocycles. The van der Waals surface area contributed by atoms with Crippen LogP contribution in [0.1, 0.15) is 47.5 Å². The van der Waals surface area contributed by atoms with Gasteiger partial charge in [-0.1, -0.05) is 27.7 Å². The minimum Gasteiger partial charge on any atom is -0.363 e. The fourth-order valence-corrected chi connectivity index (χ4v) is 3.21. The number of nitrogens with zero attached hydrogens (tertiary/aromatic N) is 3.